The molecule has 1 aromatic rings. The quantitative estimate of drug-likeness (QED) is 0.595. The Bertz CT molecular complexity index is 870. The molecule has 2 saturated heterocycles. The maximum atomic E-state index is 13.5. The second-order valence-corrected chi connectivity index (χ2v) is 14.1. The zero-order chi connectivity index (χ0) is 23.6. The van der Waals surface area contributed by atoms with Crippen LogP contribution in [0, 0.1) is 0 Å². The Hall–Kier alpha value is -0.960. The van der Waals surface area contributed by atoms with Gasteiger partial charge < -0.3 is 10.2 Å². The van der Waals surface area contributed by atoms with Gasteiger partial charge in [-0.3, -0.25) is 4.79 Å². The van der Waals surface area contributed by atoms with Crippen molar-refractivity contribution in [1.82, 2.24) is 14.5 Å². The van der Waals surface area contributed by atoms with E-state index in [9.17, 15) is 13.2 Å². The smallest absolute Gasteiger partial charge is 0.252 e. The Kier molecular flexibility index (Phi) is 8.11. The fraction of sp³-hybridized carbons (Fsp3) is 0.792. The van der Waals surface area contributed by atoms with E-state index in [0.717, 1.165) is 56.4 Å². The number of unbranched alkanes of at least 4 members (excludes halogenated alkanes) is 1. The van der Waals surface area contributed by atoms with Gasteiger partial charge >= 0.3 is 0 Å². The molecule has 0 radical (unpaired) electrons. The number of hydrogen-bond acceptors (Lipinski definition) is 5. The first-order valence-electron chi connectivity index (χ1n) is 12.1. The molecule has 1 aromatic heterocycles. The van der Waals surface area contributed by atoms with Crippen molar-refractivity contribution in [3.05, 3.63) is 17.0 Å². The molecule has 0 aliphatic carbocycles. The molecule has 2 aliphatic heterocycles. The second kappa shape index (κ2) is 10.1. The number of amides is 1. The number of nitrogens with one attached hydrogen (secondary N) is 1. The number of rotatable bonds is 8. The molecule has 1 amide bonds. The number of carbonyl (C=O) groups is 1. The molecule has 0 bridgehead atoms. The lowest BCUT2D eigenvalue weighted by atomic mass is 9.79. The molecule has 3 rings (SSSR count). The lowest BCUT2D eigenvalue weighted by Crippen LogP contribution is -2.63. The maximum Gasteiger partial charge on any atom is 0.252 e. The first-order valence-corrected chi connectivity index (χ1v) is 14.4. The summed E-state index contributed by atoms with van der Waals surface area (Å²) in [6.07, 6.45) is 7.07. The van der Waals surface area contributed by atoms with E-state index in [-0.39, 0.29) is 29.4 Å². The van der Waals surface area contributed by atoms with Gasteiger partial charge in [-0.15, -0.1) is 11.3 Å². The molecule has 0 spiro atoms. The van der Waals surface area contributed by atoms with Crippen molar-refractivity contribution < 1.29 is 13.2 Å². The molecule has 32 heavy (non-hydrogen) atoms. The third kappa shape index (κ3) is 6.33. The Labute approximate surface area is 198 Å². The van der Waals surface area contributed by atoms with Gasteiger partial charge in [0.2, 0.25) is 5.91 Å². The fourth-order valence-corrected chi connectivity index (χ4v) is 8.42. The van der Waals surface area contributed by atoms with Gasteiger partial charge in [0.1, 0.15) is 4.21 Å². The van der Waals surface area contributed by atoms with Gasteiger partial charge in [0.25, 0.3) is 10.0 Å². The highest BCUT2D eigenvalue weighted by Gasteiger charge is 2.41. The van der Waals surface area contributed by atoms with Gasteiger partial charge in [0.05, 0.1) is 6.42 Å². The summed E-state index contributed by atoms with van der Waals surface area (Å²) in [5.74, 6) is 0.112. The molecule has 182 valence electrons. The van der Waals surface area contributed by atoms with Gasteiger partial charge in [0, 0.05) is 41.6 Å². The van der Waals surface area contributed by atoms with Crippen LogP contribution in [0.1, 0.15) is 84.4 Å². The van der Waals surface area contributed by atoms with E-state index in [4.69, 9.17) is 0 Å². The third-order valence-electron chi connectivity index (χ3n) is 6.55. The Morgan fingerprint density at radius 2 is 1.75 bits per heavy atom. The van der Waals surface area contributed by atoms with Gasteiger partial charge in [-0.1, -0.05) is 19.8 Å². The van der Waals surface area contributed by atoms with Crippen LogP contribution in [0.25, 0.3) is 0 Å². The lowest BCUT2D eigenvalue weighted by molar-refractivity contribution is -0.134. The highest BCUT2D eigenvalue weighted by atomic mass is 32.2. The summed E-state index contributed by atoms with van der Waals surface area (Å²) in [4.78, 5) is 16.4. The fourth-order valence-electron chi connectivity index (χ4n) is 5.40. The minimum absolute atomic E-state index is 0.0320. The zero-order valence-corrected chi connectivity index (χ0v) is 22.1. The van der Waals surface area contributed by atoms with E-state index in [0.29, 0.717) is 17.3 Å². The first-order chi connectivity index (χ1) is 14.9. The summed E-state index contributed by atoms with van der Waals surface area (Å²) in [7, 11) is -3.44. The summed E-state index contributed by atoms with van der Waals surface area (Å²) in [5.41, 5.74) is -0.0639. The topological polar surface area (TPSA) is 69.7 Å². The normalized spacial score (nSPS) is 22.0. The number of hydrogen-bond donors (Lipinski definition) is 1. The second-order valence-electron chi connectivity index (χ2n) is 10.8. The molecule has 0 saturated carbocycles. The maximum absolute atomic E-state index is 13.5. The van der Waals surface area contributed by atoms with Crippen molar-refractivity contribution in [2.75, 3.05) is 19.6 Å². The van der Waals surface area contributed by atoms with Crippen LogP contribution in [0.15, 0.2) is 16.3 Å². The van der Waals surface area contributed by atoms with E-state index >= 15 is 0 Å². The van der Waals surface area contributed by atoms with E-state index in [2.05, 4.69) is 44.8 Å². The summed E-state index contributed by atoms with van der Waals surface area (Å²) in [6, 6.07) is 3.70. The zero-order valence-electron chi connectivity index (χ0n) is 20.4. The highest BCUT2D eigenvalue weighted by Crippen LogP contribution is 2.33. The molecule has 0 aromatic carbocycles. The minimum atomic E-state index is -3.44. The van der Waals surface area contributed by atoms with Gasteiger partial charge in [0.15, 0.2) is 0 Å². The van der Waals surface area contributed by atoms with Gasteiger partial charge in [-0.25, -0.2) is 8.42 Å². The number of carbonyl (C=O) groups excluding carboxylic acids is 1. The molecule has 0 unspecified atom stereocenters. The molecule has 3 heterocycles. The minimum Gasteiger partial charge on any atom is -0.339 e. The Balaban J connectivity index is 1.74. The standard InChI is InChI=1S/C24H41N3O3S2/c1-6-7-15-27(19-17-23(2,3)25-24(4,5)18-19)21(28)16-20-11-12-22(31-20)32(29,30)26-13-9-8-10-14-26/h11-12,19,25H,6-10,13-18H2,1-5H3. The van der Waals surface area contributed by atoms with Crippen molar-refractivity contribution in [2.24, 2.45) is 0 Å². The monoisotopic (exact) mass is 483 g/mol. The summed E-state index contributed by atoms with van der Waals surface area (Å²) in [6.45, 7) is 12.9. The van der Waals surface area contributed by atoms with Crippen LogP contribution >= 0.6 is 11.3 Å². The predicted molar refractivity (Wildman–Crippen MR) is 132 cm³/mol. The van der Waals surface area contributed by atoms with Crippen molar-refractivity contribution in [2.45, 2.75) is 107 Å². The van der Waals surface area contributed by atoms with Crippen LogP contribution in [-0.4, -0.2) is 60.3 Å². The third-order valence-corrected chi connectivity index (χ3v) is 10.0. The van der Waals surface area contributed by atoms with Crippen LogP contribution in [0.3, 0.4) is 0 Å². The van der Waals surface area contributed by atoms with Crippen LogP contribution in [-0.2, 0) is 21.2 Å². The number of nitrogens with zero attached hydrogens (tertiary/aromatic N) is 2. The molecule has 8 heteroatoms. The summed E-state index contributed by atoms with van der Waals surface area (Å²) < 4.78 is 27.9. The number of sulfonamides is 1. The number of thiophene rings is 1. The van der Waals surface area contributed by atoms with E-state index in [1.54, 1.807) is 10.4 Å². The van der Waals surface area contributed by atoms with Crippen molar-refractivity contribution in [3.8, 4) is 0 Å². The Morgan fingerprint density at radius 1 is 1.12 bits per heavy atom. The van der Waals surface area contributed by atoms with Crippen LogP contribution in [0.5, 0.6) is 0 Å². The molecule has 2 fully saturated rings. The summed E-state index contributed by atoms with van der Waals surface area (Å²) in [5, 5.41) is 3.71. The van der Waals surface area contributed by atoms with Gasteiger partial charge in [-0.2, -0.15) is 4.31 Å². The van der Waals surface area contributed by atoms with E-state index in [1.165, 1.54) is 11.3 Å². The lowest BCUT2D eigenvalue weighted by Gasteiger charge is -2.49. The van der Waals surface area contributed by atoms with Crippen LogP contribution < -0.4 is 5.32 Å². The van der Waals surface area contributed by atoms with Crippen molar-refractivity contribution >= 4 is 27.3 Å². The van der Waals surface area contributed by atoms with E-state index in [1.807, 2.05) is 6.07 Å². The molecular formula is C24H41N3O3S2. The molecule has 0 atom stereocenters. The van der Waals surface area contributed by atoms with Crippen molar-refractivity contribution in [1.29, 1.82) is 0 Å². The molecule has 2 aliphatic rings. The molecule has 6 nitrogen and oxygen atoms in total. The van der Waals surface area contributed by atoms with Crippen LogP contribution in [0.2, 0.25) is 0 Å². The van der Waals surface area contributed by atoms with E-state index < -0.39 is 10.0 Å². The summed E-state index contributed by atoms with van der Waals surface area (Å²) >= 11 is 1.26. The average molecular weight is 484 g/mol. The average Bonchev–Trinajstić information content (AvgIpc) is 3.16. The van der Waals surface area contributed by atoms with Crippen LogP contribution in [0.4, 0.5) is 0 Å². The number of piperidine rings is 2. The highest BCUT2D eigenvalue weighted by molar-refractivity contribution is 7.91. The van der Waals surface area contributed by atoms with Crippen molar-refractivity contribution in [3.63, 3.8) is 0 Å². The van der Waals surface area contributed by atoms with Gasteiger partial charge in [-0.05, 0) is 71.9 Å². The SMILES string of the molecule is CCCCN(C(=O)Cc1ccc(S(=O)(=O)N2CCCCC2)s1)C1CC(C)(C)NC(C)(C)C1. The largest absolute Gasteiger partial charge is 0.339 e. The Morgan fingerprint density at radius 3 is 2.34 bits per heavy atom. The predicted octanol–water partition coefficient (Wildman–Crippen LogP) is 4.40. The molecule has 1 N–H and O–H groups in total. The first kappa shape index (κ1) is 25.7. The molecular weight excluding hydrogens is 442 g/mol.